The van der Waals surface area contributed by atoms with Crippen LogP contribution in [-0.4, -0.2) is 95.3 Å². The summed E-state index contributed by atoms with van der Waals surface area (Å²) in [5.74, 6) is -1.03. The number of hydrogen-bond donors (Lipinski definition) is 5. The van der Waals surface area contributed by atoms with E-state index in [-0.39, 0.29) is 80.7 Å². The Morgan fingerprint density at radius 2 is 0.857 bits per heavy atom. The molecule has 238 valence electrons. The van der Waals surface area contributed by atoms with Crippen molar-refractivity contribution < 1.29 is 36.2 Å². The van der Waals surface area contributed by atoms with E-state index in [0.29, 0.717) is 22.7 Å². The van der Waals surface area contributed by atoms with Crippen LogP contribution in [0.3, 0.4) is 0 Å². The smallest absolute Gasteiger partial charge is 0.296 e. The Labute approximate surface area is 324 Å². The monoisotopic (exact) mass is 715 g/mol. The first-order chi connectivity index (χ1) is 22.4. The summed E-state index contributed by atoms with van der Waals surface area (Å²) in [5.41, 5.74) is 0.765. The van der Waals surface area contributed by atoms with Gasteiger partial charge in [-0.1, -0.05) is 36.4 Å². The van der Waals surface area contributed by atoms with E-state index in [1.807, 2.05) is 0 Å². The molecule has 17 heteroatoms. The summed E-state index contributed by atoms with van der Waals surface area (Å²) < 4.78 is 68.9. The van der Waals surface area contributed by atoms with Crippen LogP contribution in [0.5, 0.6) is 11.5 Å². The maximum atomic E-state index is 12.3. The fourth-order valence-corrected chi connectivity index (χ4v) is 6.13. The van der Waals surface area contributed by atoms with Crippen molar-refractivity contribution in [3.05, 3.63) is 109 Å². The minimum atomic E-state index is -4.83. The summed E-state index contributed by atoms with van der Waals surface area (Å²) in [6.45, 7) is 0. The van der Waals surface area contributed by atoms with Gasteiger partial charge in [0, 0.05) is 81.3 Å². The molecule has 0 aliphatic rings. The van der Waals surface area contributed by atoms with Gasteiger partial charge in [-0.2, -0.15) is 27.1 Å². The molecule has 0 heterocycles. The van der Waals surface area contributed by atoms with Gasteiger partial charge in [0.1, 0.15) is 21.2 Å². The van der Waals surface area contributed by atoms with Crippen molar-refractivity contribution >= 4 is 135 Å². The van der Waals surface area contributed by atoms with Crippen LogP contribution in [0.2, 0.25) is 0 Å². The van der Waals surface area contributed by atoms with Gasteiger partial charge in [-0.05, 0) is 83.6 Å². The molecule has 0 fully saturated rings. The maximum absolute atomic E-state index is 12.3. The number of benzene rings is 6. The molecule has 0 saturated heterocycles. The average Bonchev–Trinajstić information content (AvgIpc) is 3.03. The number of nitrogens with zero attached hydrogens (tertiary/aromatic N) is 4. The quantitative estimate of drug-likeness (QED) is 0.0592. The number of phenolic OH excluding ortho intramolecular Hbond substituents is 2. The number of hydrogen-bond acceptors (Lipinski definition) is 11. The second-order valence-corrected chi connectivity index (χ2v) is 12.9. The molecule has 0 atom stereocenters. The Kier molecular flexibility index (Phi) is 12.0. The van der Waals surface area contributed by atoms with Crippen LogP contribution in [0.4, 0.5) is 34.1 Å². The Balaban J connectivity index is 0.00000270. The zero-order chi connectivity index (χ0) is 33.3. The topological polar surface area (TPSA) is 211 Å². The second-order valence-electron chi connectivity index (χ2n) is 10.2. The Hall–Kier alpha value is -3.74. The molecule has 0 aliphatic carbocycles. The number of azo groups is 2. The second kappa shape index (κ2) is 15.4. The Bertz CT molecular complexity index is 2300. The molecular formula is C32H23N5Na2O8S2. The van der Waals surface area contributed by atoms with Gasteiger partial charge in [0.05, 0.1) is 11.4 Å². The van der Waals surface area contributed by atoms with E-state index >= 15 is 0 Å². The molecule has 6 aromatic carbocycles. The zero-order valence-electron chi connectivity index (χ0n) is 25.9. The van der Waals surface area contributed by atoms with Gasteiger partial charge in [-0.15, -0.1) is 10.2 Å². The van der Waals surface area contributed by atoms with Crippen LogP contribution in [0.25, 0.3) is 21.5 Å². The molecular weight excluding hydrogens is 692 g/mol. The van der Waals surface area contributed by atoms with E-state index in [9.17, 15) is 36.2 Å². The standard InChI is InChI=1S/C32H23N5O8S2.2Na/c38-31-25-13-11-23(15-19(25)17-27(46(40,41)42)29(31)36-34-21-7-3-1-4-8-21)33-24-12-14-26-20(16-24)18-28(47(43,44)45)30(32(26)39)37-35-22-9-5-2-6-10-22;;/h1-18,33,38-39H,(H,40,41,42)(H,43,44,45);;. The van der Waals surface area contributed by atoms with Gasteiger partial charge in [0.15, 0.2) is 11.5 Å². The van der Waals surface area contributed by atoms with Crippen molar-refractivity contribution in [2.24, 2.45) is 20.5 Å². The van der Waals surface area contributed by atoms with Gasteiger partial charge >= 0.3 is 0 Å². The first-order valence-corrected chi connectivity index (χ1v) is 16.5. The summed E-state index contributed by atoms with van der Waals surface area (Å²) in [6.07, 6.45) is 0. The summed E-state index contributed by atoms with van der Waals surface area (Å²) in [7, 11) is -9.67. The molecule has 49 heavy (non-hydrogen) atoms. The van der Waals surface area contributed by atoms with Crippen molar-refractivity contribution in [2.45, 2.75) is 9.79 Å². The molecule has 0 unspecified atom stereocenters. The third-order valence-electron chi connectivity index (χ3n) is 6.99. The Morgan fingerprint density at radius 3 is 1.20 bits per heavy atom. The molecule has 0 spiro atoms. The molecule has 0 bridgehead atoms. The van der Waals surface area contributed by atoms with Crippen LogP contribution in [0, 0.1) is 0 Å². The molecule has 0 saturated carbocycles. The van der Waals surface area contributed by atoms with Gasteiger partial charge in [-0.3, -0.25) is 9.11 Å². The van der Waals surface area contributed by atoms with Crippen molar-refractivity contribution in [1.29, 1.82) is 0 Å². The first-order valence-electron chi connectivity index (χ1n) is 13.6. The summed E-state index contributed by atoms with van der Waals surface area (Å²) >= 11 is 0. The Morgan fingerprint density at radius 1 is 0.490 bits per heavy atom. The van der Waals surface area contributed by atoms with Crippen LogP contribution < -0.4 is 5.32 Å². The molecule has 0 aromatic heterocycles. The predicted molar refractivity (Wildman–Crippen MR) is 187 cm³/mol. The molecule has 6 aromatic rings. The maximum Gasteiger partial charge on any atom is 0.296 e. The number of nitrogens with one attached hydrogen (secondary N) is 1. The fraction of sp³-hybridized carbons (Fsp3) is 0. The zero-order valence-corrected chi connectivity index (χ0v) is 31.6. The molecule has 5 N–H and O–H groups in total. The predicted octanol–water partition coefficient (Wildman–Crippen LogP) is 7.71. The number of rotatable bonds is 8. The molecule has 2 radical (unpaired) electrons. The average molecular weight is 716 g/mol. The molecule has 13 nitrogen and oxygen atoms in total. The SMILES string of the molecule is O=S(=O)(O)c1cc2cc(Nc3ccc4c(O)c(N=Nc5ccccc5)c(S(=O)(=O)O)cc4c3)ccc2c(O)c1N=Nc1ccccc1.[Na].[Na]. The number of anilines is 2. The van der Waals surface area contributed by atoms with Crippen molar-refractivity contribution in [2.75, 3.05) is 5.32 Å². The third kappa shape index (κ3) is 8.53. The van der Waals surface area contributed by atoms with E-state index < -0.39 is 52.9 Å². The minimum Gasteiger partial charge on any atom is -0.505 e. The molecule has 6 rings (SSSR count). The number of phenols is 2. The van der Waals surface area contributed by atoms with Crippen molar-refractivity contribution in [1.82, 2.24) is 0 Å². The van der Waals surface area contributed by atoms with Gasteiger partial charge in [-0.25, -0.2) is 0 Å². The van der Waals surface area contributed by atoms with E-state index in [1.165, 1.54) is 24.3 Å². The summed E-state index contributed by atoms with van der Waals surface area (Å²) in [5, 5.41) is 41.7. The summed E-state index contributed by atoms with van der Waals surface area (Å²) in [4.78, 5) is -1.31. The van der Waals surface area contributed by atoms with Crippen LogP contribution in [0.15, 0.2) is 139 Å². The summed E-state index contributed by atoms with van der Waals surface area (Å²) in [6, 6.07) is 28.4. The van der Waals surface area contributed by atoms with E-state index in [2.05, 4.69) is 25.8 Å². The number of fused-ring (bicyclic) bond motifs is 2. The van der Waals surface area contributed by atoms with Crippen LogP contribution in [-0.2, 0) is 20.2 Å². The fourth-order valence-electron chi connectivity index (χ4n) is 4.82. The van der Waals surface area contributed by atoms with Gasteiger partial charge < -0.3 is 15.5 Å². The van der Waals surface area contributed by atoms with Crippen LogP contribution >= 0.6 is 0 Å². The first kappa shape index (κ1) is 38.1. The largest absolute Gasteiger partial charge is 0.505 e. The molecule has 0 amide bonds. The molecule has 0 aliphatic heterocycles. The van der Waals surface area contributed by atoms with E-state index in [4.69, 9.17) is 0 Å². The van der Waals surface area contributed by atoms with Gasteiger partial charge in [0.2, 0.25) is 0 Å². The number of aromatic hydroxyl groups is 2. The van der Waals surface area contributed by atoms with Gasteiger partial charge in [0.25, 0.3) is 20.2 Å². The normalized spacial score (nSPS) is 11.9. The third-order valence-corrected chi connectivity index (χ3v) is 8.72. The van der Waals surface area contributed by atoms with Crippen molar-refractivity contribution in [3.63, 3.8) is 0 Å². The van der Waals surface area contributed by atoms with Crippen molar-refractivity contribution in [3.8, 4) is 11.5 Å². The van der Waals surface area contributed by atoms with E-state index in [1.54, 1.807) is 72.8 Å². The van der Waals surface area contributed by atoms with E-state index in [0.717, 1.165) is 12.1 Å². The minimum absolute atomic E-state index is 0. The van der Waals surface area contributed by atoms with Crippen LogP contribution in [0.1, 0.15) is 0 Å².